The molecular formula is C15H12FN7. The monoisotopic (exact) mass is 309 g/mol. The Morgan fingerprint density at radius 1 is 1.13 bits per heavy atom. The summed E-state index contributed by atoms with van der Waals surface area (Å²) in [5, 5.41) is 4.06. The molecule has 7 nitrogen and oxygen atoms in total. The number of nitrogens with two attached hydrogens (primary N) is 1. The van der Waals surface area contributed by atoms with Gasteiger partial charge in [-0.3, -0.25) is 4.98 Å². The number of pyridine rings is 1. The van der Waals surface area contributed by atoms with Crippen LogP contribution in [0.1, 0.15) is 0 Å². The summed E-state index contributed by atoms with van der Waals surface area (Å²) >= 11 is 0. The summed E-state index contributed by atoms with van der Waals surface area (Å²) in [6, 6.07) is 6.56. The smallest absolute Gasteiger partial charge is 0.234 e. The molecule has 3 heterocycles. The number of nitrogen functional groups attached to an aromatic ring is 1. The van der Waals surface area contributed by atoms with Gasteiger partial charge in [-0.15, -0.1) is 0 Å². The third kappa shape index (κ3) is 1.95. The number of aromatic nitrogens is 6. The maximum absolute atomic E-state index is 14.2. The van der Waals surface area contributed by atoms with Crippen molar-refractivity contribution in [2.45, 2.75) is 0 Å². The SMILES string of the molecule is Cn1c(-n2ncnc2N)nc2cncc(-c3ccccc3F)c21. The predicted molar refractivity (Wildman–Crippen MR) is 83.2 cm³/mol. The summed E-state index contributed by atoms with van der Waals surface area (Å²) in [4.78, 5) is 12.6. The van der Waals surface area contributed by atoms with Gasteiger partial charge in [0.1, 0.15) is 17.7 Å². The van der Waals surface area contributed by atoms with E-state index in [0.717, 1.165) is 5.52 Å². The van der Waals surface area contributed by atoms with Crippen molar-refractivity contribution >= 4 is 17.0 Å². The third-order valence-corrected chi connectivity index (χ3v) is 3.68. The highest BCUT2D eigenvalue weighted by Crippen LogP contribution is 2.30. The first-order valence-electron chi connectivity index (χ1n) is 6.88. The molecule has 0 aliphatic carbocycles. The highest BCUT2D eigenvalue weighted by Gasteiger charge is 2.18. The van der Waals surface area contributed by atoms with Gasteiger partial charge in [0.25, 0.3) is 0 Å². The fraction of sp³-hybridized carbons (Fsp3) is 0.0667. The average Bonchev–Trinajstić information content (AvgIpc) is 3.11. The van der Waals surface area contributed by atoms with Gasteiger partial charge in [0.15, 0.2) is 0 Å². The molecule has 0 saturated carbocycles. The molecule has 4 aromatic rings. The summed E-state index contributed by atoms with van der Waals surface area (Å²) in [6.07, 6.45) is 4.60. The van der Waals surface area contributed by atoms with Crippen LogP contribution in [0.3, 0.4) is 0 Å². The van der Waals surface area contributed by atoms with Crippen molar-refractivity contribution in [2.75, 3.05) is 5.73 Å². The Morgan fingerprint density at radius 2 is 1.96 bits per heavy atom. The van der Waals surface area contributed by atoms with Crippen LogP contribution in [-0.2, 0) is 7.05 Å². The Kier molecular flexibility index (Phi) is 2.83. The molecule has 0 bridgehead atoms. The van der Waals surface area contributed by atoms with Crippen molar-refractivity contribution < 1.29 is 4.39 Å². The molecule has 0 aliphatic rings. The topological polar surface area (TPSA) is 87.4 Å². The number of imidazole rings is 1. The third-order valence-electron chi connectivity index (χ3n) is 3.68. The van der Waals surface area contributed by atoms with Crippen molar-refractivity contribution in [3.8, 4) is 17.1 Å². The van der Waals surface area contributed by atoms with Gasteiger partial charge < -0.3 is 10.3 Å². The molecule has 0 unspecified atom stereocenters. The number of benzene rings is 1. The van der Waals surface area contributed by atoms with Crippen molar-refractivity contribution in [2.24, 2.45) is 7.05 Å². The summed E-state index contributed by atoms with van der Waals surface area (Å²) in [6.45, 7) is 0. The van der Waals surface area contributed by atoms with Crippen LogP contribution in [0.5, 0.6) is 0 Å². The number of fused-ring (bicyclic) bond motifs is 1. The van der Waals surface area contributed by atoms with E-state index in [1.54, 1.807) is 35.2 Å². The van der Waals surface area contributed by atoms with Crippen LogP contribution in [0.2, 0.25) is 0 Å². The number of nitrogens with zero attached hydrogens (tertiary/aromatic N) is 6. The molecule has 3 aromatic heterocycles. The quantitative estimate of drug-likeness (QED) is 0.611. The minimum absolute atomic E-state index is 0.226. The van der Waals surface area contributed by atoms with E-state index in [9.17, 15) is 4.39 Å². The average molecular weight is 309 g/mol. The number of aryl methyl sites for hydroxylation is 1. The molecule has 1 aromatic carbocycles. The van der Waals surface area contributed by atoms with E-state index in [0.29, 0.717) is 22.6 Å². The number of halogens is 1. The van der Waals surface area contributed by atoms with Crippen molar-refractivity contribution in [1.29, 1.82) is 0 Å². The number of hydrogen-bond acceptors (Lipinski definition) is 5. The van der Waals surface area contributed by atoms with Gasteiger partial charge in [-0.05, 0) is 6.07 Å². The molecule has 0 aliphatic heterocycles. The zero-order valence-corrected chi connectivity index (χ0v) is 12.2. The van der Waals surface area contributed by atoms with Crippen LogP contribution in [0.25, 0.3) is 28.1 Å². The molecular weight excluding hydrogens is 297 g/mol. The predicted octanol–water partition coefficient (Wildman–Crippen LogP) is 1.94. The second kappa shape index (κ2) is 4.87. The maximum atomic E-state index is 14.2. The first kappa shape index (κ1) is 13.4. The van der Waals surface area contributed by atoms with E-state index in [4.69, 9.17) is 5.73 Å². The minimum atomic E-state index is -0.315. The van der Waals surface area contributed by atoms with E-state index in [2.05, 4.69) is 20.1 Å². The van der Waals surface area contributed by atoms with Crippen molar-refractivity contribution in [3.05, 3.63) is 48.8 Å². The van der Waals surface area contributed by atoms with E-state index in [1.807, 2.05) is 7.05 Å². The highest BCUT2D eigenvalue weighted by atomic mass is 19.1. The first-order valence-corrected chi connectivity index (χ1v) is 6.88. The molecule has 0 atom stereocenters. The molecule has 0 spiro atoms. The van der Waals surface area contributed by atoms with Gasteiger partial charge in [-0.25, -0.2) is 9.37 Å². The first-order chi connectivity index (χ1) is 11.2. The Balaban J connectivity index is 2.04. The summed E-state index contributed by atoms with van der Waals surface area (Å²) in [5.41, 5.74) is 8.28. The number of anilines is 1. The zero-order chi connectivity index (χ0) is 16.0. The normalized spacial score (nSPS) is 11.2. The Labute approximate surface area is 130 Å². The molecule has 4 rings (SSSR count). The van der Waals surface area contributed by atoms with Crippen molar-refractivity contribution in [1.82, 2.24) is 29.3 Å². The molecule has 2 N–H and O–H groups in total. The van der Waals surface area contributed by atoms with Gasteiger partial charge in [-0.2, -0.15) is 14.8 Å². The van der Waals surface area contributed by atoms with Crippen LogP contribution in [0, 0.1) is 5.82 Å². The van der Waals surface area contributed by atoms with Gasteiger partial charge in [0.05, 0.1) is 11.7 Å². The highest BCUT2D eigenvalue weighted by molar-refractivity contribution is 5.92. The second-order valence-corrected chi connectivity index (χ2v) is 5.04. The molecule has 0 fully saturated rings. The lowest BCUT2D eigenvalue weighted by Gasteiger charge is -2.07. The van der Waals surface area contributed by atoms with Crippen LogP contribution in [-0.4, -0.2) is 29.3 Å². The molecule has 0 radical (unpaired) electrons. The molecule has 114 valence electrons. The lowest BCUT2D eigenvalue weighted by molar-refractivity contribution is 0.631. The van der Waals surface area contributed by atoms with Gasteiger partial charge in [-0.1, -0.05) is 18.2 Å². The van der Waals surface area contributed by atoms with Crippen molar-refractivity contribution in [3.63, 3.8) is 0 Å². The van der Waals surface area contributed by atoms with Crippen LogP contribution in [0.4, 0.5) is 10.3 Å². The van der Waals surface area contributed by atoms with E-state index in [1.165, 1.54) is 17.1 Å². The van der Waals surface area contributed by atoms with Gasteiger partial charge >= 0.3 is 0 Å². The Bertz CT molecular complexity index is 1020. The largest absolute Gasteiger partial charge is 0.368 e. The number of hydrogen-bond donors (Lipinski definition) is 1. The Morgan fingerprint density at radius 3 is 2.70 bits per heavy atom. The maximum Gasteiger partial charge on any atom is 0.234 e. The van der Waals surface area contributed by atoms with Gasteiger partial charge in [0.2, 0.25) is 11.9 Å². The Hall–Kier alpha value is -3.29. The standard InChI is InChI=1S/C15H12FN7/c1-22-13-10(9-4-2-3-5-11(9)16)6-18-7-12(13)21-15(22)23-14(17)19-8-20-23/h2-8H,1H3,(H2,17,19,20). The zero-order valence-electron chi connectivity index (χ0n) is 12.2. The molecule has 0 amide bonds. The van der Waals surface area contributed by atoms with E-state index >= 15 is 0 Å². The molecule has 23 heavy (non-hydrogen) atoms. The van der Waals surface area contributed by atoms with E-state index < -0.39 is 0 Å². The fourth-order valence-corrected chi connectivity index (χ4v) is 2.63. The number of rotatable bonds is 2. The van der Waals surface area contributed by atoms with Crippen LogP contribution in [0.15, 0.2) is 43.0 Å². The summed E-state index contributed by atoms with van der Waals surface area (Å²) < 4.78 is 17.4. The molecule has 0 saturated heterocycles. The lowest BCUT2D eigenvalue weighted by atomic mass is 10.1. The van der Waals surface area contributed by atoms with E-state index in [-0.39, 0.29) is 11.8 Å². The second-order valence-electron chi connectivity index (χ2n) is 5.04. The fourth-order valence-electron chi connectivity index (χ4n) is 2.63. The lowest BCUT2D eigenvalue weighted by Crippen LogP contribution is -2.08. The van der Waals surface area contributed by atoms with Crippen LogP contribution >= 0.6 is 0 Å². The van der Waals surface area contributed by atoms with Crippen LogP contribution < -0.4 is 5.73 Å². The summed E-state index contributed by atoms with van der Waals surface area (Å²) in [5.74, 6) is 0.397. The molecule has 8 heteroatoms. The minimum Gasteiger partial charge on any atom is -0.368 e. The van der Waals surface area contributed by atoms with Gasteiger partial charge in [0, 0.05) is 24.4 Å². The summed E-state index contributed by atoms with van der Waals surface area (Å²) in [7, 11) is 1.82.